The number of para-hydroxylation sites is 1. The number of carbonyl (C=O) groups excluding carboxylic acids is 3. The molecule has 0 spiro atoms. The molecule has 0 aliphatic carbocycles. The van der Waals surface area contributed by atoms with Crippen LogP contribution in [0.3, 0.4) is 0 Å². The Labute approximate surface area is 134 Å². The Bertz CT molecular complexity index is 628. The van der Waals surface area contributed by atoms with Crippen LogP contribution in [0.25, 0.3) is 0 Å². The molecule has 2 N–H and O–H groups in total. The van der Waals surface area contributed by atoms with Gasteiger partial charge in [0.25, 0.3) is 0 Å². The van der Waals surface area contributed by atoms with Crippen LogP contribution in [-0.4, -0.2) is 28.7 Å². The summed E-state index contributed by atoms with van der Waals surface area (Å²) < 4.78 is 0. The van der Waals surface area contributed by atoms with E-state index < -0.39 is 17.4 Å². The number of benzene rings is 1. The van der Waals surface area contributed by atoms with Gasteiger partial charge in [-0.15, -0.1) is 0 Å². The normalized spacial score (nSPS) is 18.9. The molecular formula is C16H20N2O3S. The molecule has 22 heavy (non-hydrogen) atoms. The number of nitrogens with two attached hydrogens (primary N) is 1. The molecule has 0 saturated carbocycles. The van der Waals surface area contributed by atoms with Crippen molar-refractivity contribution in [3.8, 4) is 0 Å². The Morgan fingerprint density at radius 1 is 1.27 bits per heavy atom. The van der Waals surface area contributed by atoms with Crippen LogP contribution in [0, 0.1) is 0 Å². The summed E-state index contributed by atoms with van der Waals surface area (Å²) in [6.07, 6.45) is 0.193. The van der Waals surface area contributed by atoms with Gasteiger partial charge >= 0.3 is 0 Å². The molecule has 1 aromatic carbocycles. The lowest BCUT2D eigenvalue weighted by molar-refractivity contribution is -0.125. The van der Waals surface area contributed by atoms with Crippen LogP contribution in [0.1, 0.15) is 32.8 Å². The first kappa shape index (κ1) is 16.5. The lowest BCUT2D eigenvalue weighted by Crippen LogP contribution is -2.52. The summed E-state index contributed by atoms with van der Waals surface area (Å²) >= 11 is 1.11. The highest BCUT2D eigenvalue weighted by molar-refractivity contribution is 8.13. The van der Waals surface area contributed by atoms with Crippen molar-refractivity contribution in [3.63, 3.8) is 0 Å². The van der Waals surface area contributed by atoms with Crippen molar-refractivity contribution in [1.29, 1.82) is 0 Å². The summed E-state index contributed by atoms with van der Waals surface area (Å²) in [5.74, 6) is -0.303. The minimum atomic E-state index is -0.709. The van der Waals surface area contributed by atoms with E-state index in [-0.39, 0.29) is 17.4 Å². The molecule has 1 aliphatic rings. The molecule has 1 heterocycles. The van der Waals surface area contributed by atoms with Crippen molar-refractivity contribution in [2.75, 3.05) is 10.7 Å². The maximum atomic E-state index is 12.6. The van der Waals surface area contributed by atoms with E-state index in [0.717, 1.165) is 23.0 Å². The topological polar surface area (TPSA) is 80.5 Å². The summed E-state index contributed by atoms with van der Waals surface area (Å²) in [6.45, 7) is 5.30. The van der Waals surface area contributed by atoms with Crippen molar-refractivity contribution >= 4 is 34.4 Å². The van der Waals surface area contributed by atoms with Gasteiger partial charge < -0.3 is 5.73 Å². The highest BCUT2D eigenvalue weighted by Gasteiger charge is 2.49. The molecule has 1 unspecified atom stereocenters. The SMILES string of the molecule is CC(=O)SCCC(=O)N1c2ccccc2C(C)(C)C1C(N)=O. The number of rotatable bonds is 4. The molecule has 2 rings (SSSR count). The standard InChI is InChI=1S/C16H20N2O3S/c1-10(19)22-9-8-13(20)18-12-7-5-4-6-11(12)16(2,3)14(18)15(17)21/h4-7,14H,8-9H2,1-3H3,(H2,17,21). The smallest absolute Gasteiger partial charge is 0.241 e. The highest BCUT2D eigenvalue weighted by Crippen LogP contribution is 2.45. The van der Waals surface area contributed by atoms with Gasteiger partial charge in [0.05, 0.1) is 0 Å². The van der Waals surface area contributed by atoms with Crippen LogP contribution >= 0.6 is 11.8 Å². The Balaban J connectivity index is 2.33. The van der Waals surface area contributed by atoms with E-state index in [4.69, 9.17) is 5.73 Å². The second-order valence-corrected chi connectivity index (χ2v) is 7.17. The summed E-state index contributed by atoms with van der Waals surface area (Å²) in [7, 11) is 0. The van der Waals surface area contributed by atoms with E-state index in [9.17, 15) is 14.4 Å². The fraction of sp³-hybridized carbons (Fsp3) is 0.438. The minimum absolute atomic E-state index is 0.0265. The second-order valence-electron chi connectivity index (χ2n) is 5.90. The molecule has 0 fully saturated rings. The van der Waals surface area contributed by atoms with E-state index in [1.807, 2.05) is 38.1 Å². The van der Waals surface area contributed by atoms with Gasteiger partial charge in [0, 0.05) is 30.2 Å². The maximum absolute atomic E-state index is 12.6. The third kappa shape index (κ3) is 2.88. The predicted molar refractivity (Wildman–Crippen MR) is 87.7 cm³/mol. The molecule has 0 radical (unpaired) electrons. The number of nitrogens with zero attached hydrogens (tertiary/aromatic N) is 1. The van der Waals surface area contributed by atoms with Gasteiger partial charge in [0.2, 0.25) is 11.8 Å². The van der Waals surface area contributed by atoms with Gasteiger partial charge in [-0.2, -0.15) is 0 Å². The number of anilines is 1. The van der Waals surface area contributed by atoms with Gasteiger partial charge in [-0.25, -0.2) is 0 Å². The molecule has 5 nitrogen and oxygen atoms in total. The largest absolute Gasteiger partial charge is 0.368 e. The van der Waals surface area contributed by atoms with E-state index in [2.05, 4.69) is 0 Å². The third-order valence-electron chi connectivity index (χ3n) is 3.96. The minimum Gasteiger partial charge on any atom is -0.368 e. The van der Waals surface area contributed by atoms with Crippen molar-refractivity contribution < 1.29 is 14.4 Å². The van der Waals surface area contributed by atoms with Gasteiger partial charge in [-0.05, 0) is 11.6 Å². The number of carbonyl (C=O) groups is 3. The first-order valence-electron chi connectivity index (χ1n) is 7.11. The zero-order chi connectivity index (χ0) is 16.5. The fourth-order valence-corrected chi connectivity index (χ4v) is 3.57. The molecule has 0 aromatic heterocycles. The van der Waals surface area contributed by atoms with Crippen molar-refractivity contribution in [2.24, 2.45) is 5.73 Å². The van der Waals surface area contributed by atoms with Crippen molar-refractivity contribution in [2.45, 2.75) is 38.6 Å². The Kier molecular flexibility index (Phi) is 4.60. The van der Waals surface area contributed by atoms with Gasteiger partial charge in [0.15, 0.2) is 5.12 Å². The molecule has 1 atom stereocenters. The number of thioether (sulfide) groups is 1. The first-order valence-corrected chi connectivity index (χ1v) is 8.09. The van der Waals surface area contributed by atoms with Crippen molar-refractivity contribution in [1.82, 2.24) is 0 Å². The molecule has 0 bridgehead atoms. The summed E-state index contributed by atoms with van der Waals surface area (Å²) in [6, 6.07) is 6.76. The molecule has 6 heteroatoms. The molecular weight excluding hydrogens is 300 g/mol. The third-order valence-corrected chi connectivity index (χ3v) is 4.77. The highest BCUT2D eigenvalue weighted by atomic mass is 32.2. The van der Waals surface area contributed by atoms with Gasteiger partial charge in [0.1, 0.15) is 6.04 Å². The van der Waals surface area contributed by atoms with E-state index in [1.54, 1.807) is 0 Å². The first-order chi connectivity index (χ1) is 10.3. The van der Waals surface area contributed by atoms with Gasteiger partial charge in [-0.1, -0.05) is 43.8 Å². The quantitative estimate of drug-likeness (QED) is 0.918. The lowest BCUT2D eigenvalue weighted by Gasteiger charge is -2.30. The molecule has 1 aromatic rings. The van der Waals surface area contributed by atoms with Crippen LogP contribution < -0.4 is 10.6 Å². The number of amides is 2. The maximum Gasteiger partial charge on any atom is 0.241 e. The van der Waals surface area contributed by atoms with Crippen LogP contribution in [0.2, 0.25) is 0 Å². The van der Waals surface area contributed by atoms with Crippen LogP contribution in [-0.2, 0) is 19.8 Å². The van der Waals surface area contributed by atoms with Crippen LogP contribution in [0.5, 0.6) is 0 Å². The van der Waals surface area contributed by atoms with Crippen LogP contribution in [0.15, 0.2) is 24.3 Å². The van der Waals surface area contributed by atoms with Crippen LogP contribution in [0.4, 0.5) is 5.69 Å². The fourth-order valence-electron chi connectivity index (χ4n) is 3.00. The lowest BCUT2D eigenvalue weighted by atomic mass is 9.80. The average molecular weight is 320 g/mol. The number of hydrogen-bond donors (Lipinski definition) is 1. The summed E-state index contributed by atoms with van der Waals surface area (Å²) in [4.78, 5) is 37.0. The Morgan fingerprint density at radius 2 is 1.91 bits per heavy atom. The van der Waals surface area contributed by atoms with E-state index >= 15 is 0 Å². The zero-order valence-corrected chi connectivity index (χ0v) is 13.8. The number of fused-ring (bicyclic) bond motifs is 1. The Morgan fingerprint density at radius 3 is 2.50 bits per heavy atom. The molecule has 118 valence electrons. The zero-order valence-electron chi connectivity index (χ0n) is 13.0. The monoisotopic (exact) mass is 320 g/mol. The molecule has 1 aliphatic heterocycles. The number of hydrogen-bond acceptors (Lipinski definition) is 4. The Hall–Kier alpha value is -1.82. The van der Waals surface area contributed by atoms with E-state index in [0.29, 0.717) is 5.75 Å². The molecule has 2 amide bonds. The summed E-state index contributed by atoms with van der Waals surface area (Å²) in [5, 5.41) is -0.0265. The number of primary amides is 1. The van der Waals surface area contributed by atoms with Crippen molar-refractivity contribution in [3.05, 3.63) is 29.8 Å². The average Bonchev–Trinajstić information content (AvgIpc) is 2.67. The predicted octanol–water partition coefficient (Wildman–Crippen LogP) is 1.83. The van der Waals surface area contributed by atoms with Gasteiger partial charge in [-0.3, -0.25) is 19.3 Å². The molecule has 0 saturated heterocycles. The van der Waals surface area contributed by atoms with E-state index in [1.165, 1.54) is 11.8 Å². The second kappa shape index (κ2) is 6.12. The summed E-state index contributed by atoms with van der Waals surface area (Å²) in [5.41, 5.74) is 6.70.